The average molecular weight is 291 g/mol. The maximum absolute atomic E-state index is 12.6. The van der Waals surface area contributed by atoms with Crippen LogP contribution in [0.1, 0.15) is 36.7 Å². The number of hydrogen-bond donors (Lipinski definition) is 0. The SMILES string of the molecule is COCCCN(C)C(=O)N1CCCC1c1cccc(C)n1. The van der Waals surface area contributed by atoms with Gasteiger partial charge in [0.2, 0.25) is 0 Å². The summed E-state index contributed by atoms with van der Waals surface area (Å²) in [6.07, 6.45) is 2.89. The van der Waals surface area contributed by atoms with E-state index in [1.165, 1.54) is 0 Å². The number of aromatic nitrogens is 1. The number of carbonyl (C=O) groups excluding carboxylic acids is 1. The number of ether oxygens (including phenoxy) is 1. The summed E-state index contributed by atoms with van der Waals surface area (Å²) < 4.78 is 5.04. The highest BCUT2D eigenvalue weighted by Crippen LogP contribution is 2.31. The fourth-order valence-corrected chi connectivity index (χ4v) is 2.81. The van der Waals surface area contributed by atoms with E-state index < -0.39 is 0 Å². The summed E-state index contributed by atoms with van der Waals surface area (Å²) in [5.74, 6) is 0. The van der Waals surface area contributed by atoms with Crippen LogP contribution < -0.4 is 0 Å². The Labute approximate surface area is 126 Å². The monoisotopic (exact) mass is 291 g/mol. The summed E-state index contributed by atoms with van der Waals surface area (Å²) in [7, 11) is 3.54. The Hall–Kier alpha value is -1.62. The number of likely N-dealkylation sites (tertiary alicyclic amines) is 1. The quantitative estimate of drug-likeness (QED) is 0.783. The minimum absolute atomic E-state index is 0.0944. The van der Waals surface area contributed by atoms with Gasteiger partial charge in [-0.1, -0.05) is 6.07 Å². The number of hydrogen-bond acceptors (Lipinski definition) is 3. The molecule has 1 saturated heterocycles. The first kappa shape index (κ1) is 15.8. The molecule has 2 amide bonds. The molecule has 1 aromatic heterocycles. The number of pyridine rings is 1. The topological polar surface area (TPSA) is 45.7 Å². The second-order valence-electron chi connectivity index (χ2n) is 5.61. The molecule has 0 bridgehead atoms. The molecule has 1 atom stereocenters. The maximum atomic E-state index is 12.6. The largest absolute Gasteiger partial charge is 0.385 e. The van der Waals surface area contributed by atoms with Crippen LogP contribution in [-0.4, -0.2) is 54.7 Å². The van der Waals surface area contributed by atoms with E-state index in [2.05, 4.69) is 4.98 Å². The van der Waals surface area contributed by atoms with Crippen molar-refractivity contribution in [3.63, 3.8) is 0 Å². The number of methoxy groups -OCH3 is 1. The van der Waals surface area contributed by atoms with Crippen molar-refractivity contribution in [1.29, 1.82) is 0 Å². The van der Waals surface area contributed by atoms with Gasteiger partial charge >= 0.3 is 6.03 Å². The maximum Gasteiger partial charge on any atom is 0.320 e. The van der Waals surface area contributed by atoms with Gasteiger partial charge in [-0.05, 0) is 38.3 Å². The Bertz CT molecular complexity index is 478. The van der Waals surface area contributed by atoms with Crippen LogP contribution in [0.4, 0.5) is 4.79 Å². The molecule has 0 saturated carbocycles. The molecule has 1 aromatic rings. The molecule has 2 heterocycles. The second-order valence-corrected chi connectivity index (χ2v) is 5.61. The van der Waals surface area contributed by atoms with Gasteiger partial charge < -0.3 is 14.5 Å². The van der Waals surface area contributed by atoms with Crippen molar-refractivity contribution in [3.05, 3.63) is 29.6 Å². The molecule has 116 valence electrons. The molecule has 1 fully saturated rings. The van der Waals surface area contributed by atoms with E-state index in [1.54, 1.807) is 12.0 Å². The van der Waals surface area contributed by atoms with Crippen molar-refractivity contribution in [1.82, 2.24) is 14.8 Å². The van der Waals surface area contributed by atoms with Crippen molar-refractivity contribution >= 4 is 6.03 Å². The van der Waals surface area contributed by atoms with Gasteiger partial charge in [-0.2, -0.15) is 0 Å². The van der Waals surface area contributed by atoms with Gasteiger partial charge in [-0.25, -0.2) is 4.79 Å². The highest BCUT2D eigenvalue weighted by atomic mass is 16.5. The van der Waals surface area contributed by atoms with Gasteiger partial charge in [0.15, 0.2) is 0 Å². The molecule has 5 nitrogen and oxygen atoms in total. The molecule has 1 unspecified atom stereocenters. The molecule has 21 heavy (non-hydrogen) atoms. The predicted molar refractivity (Wildman–Crippen MR) is 82.2 cm³/mol. The third kappa shape index (κ3) is 3.94. The van der Waals surface area contributed by atoms with Crippen LogP contribution in [0.25, 0.3) is 0 Å². The smallest absolute Gasteiger partial charge is 0.320 e. The molecule has 1 aliphatic rings. The minimum Gasteiger partial charge on any atom is -0.385 e. The van der Waals surface area contributed by atoms with Crippen LogP contribution in [-0.2, 0) is 4.74 Å². The van der Waals surface area contributed by atoms with Crippen LogP contribution in [0, 0.1) is 6.92 Å². The molecule has 0 spiro atoms. The number of rotatable bonds is 5. The van der Waals surface area contributed by atoms with Crippen molar-refractivity contribution in [2.75, 3.05) is 33.9 Å². The van der Waals surface area contributed by atoms with E-state index in [0.29, 0.717) is 6.61 Å². The van der Waals surface area contributed by atoms with Gasteiger partial charge in [0.1, 0.15) is 0 Å². The first-order valence-electron chi connectivity index (χ1n) is 7.57. The van der Waals surface area contributed by atoms with E-state index in [0.717, 1.165) is 43.7 Å². The molecule has 5 heteroatoms. The number of aryl methyl sites for hydroxylation is 1. The van der Waals surface area contributed by atoms with Gasteiger partial charge in [-0.15, -0.1) is 0 Å². The lowest BCUT2D eigenvalue weighted by Crippen LogP contribution is -2.41. The Kier molecular flexibility index (Phi) is 5.56. The van der Waals surface area contributed by atoms with Gasteiger partial charge in [0, 0.05) is 39.5 Å². The fourth-order valence-electron chi connectivity index (χ4n) is 2.81. The number of urea groups is 1. The van der Waals surface area contributed by atoms with Gasteiger partial charge in [0.25, 0.3) is 0 Å². The third-order valence-electron chi connectivity index (χ3n) is 3.92. The summed E-state index contributed by atoms with van der Waals surface area (Å²) in [5.41, 5.74) is 2.01. The van der Waals surface area contributed by atoms with Crippen LogP contribution in [0.2, 0.25) is 0 Å². The molecular weight excluding hydrogens is 266 g/mol. The second kappa shape index (κ2) is 7.41. The van der Waals surface area contributed by atoms with Crippen molar-refractivity contribution in [2.24, 2.45) is 0 Å². The van der Waals surface area contributed by atoms with Crippen LogP contribution in [0.3, 0.4) is 0 Å². The Morgan fingerprint density at radius 1 is 1.52 bits per heavy atom. The molecule has 0 aliphatic carbocycles. The summed E-state index contributed by atoms with van der Waals surface area (Å²) in [6.45, 7) is 4.20. The number of amides is 2. The fraction of sp³-hybridized carbons (Fsp3) is 0.625. The normalized spacial score (nSPS) is 18.0. The first-order chi connectivity index (χ1) is 10.1. The summed E-state index contributed by atoms with van der Waals surface area (Å²) in [4.78, 5) is 20.9. The molecule has 2 rings (SSSR count). The van der Waals surface area contributed by atoms with E-state index in [-0.39, 0.29) is 12.1 Å². The minimum atomic E-state index is 0.0944. The third-order valence-corrected chi connectivity index (χ3v) is 3.92. The van der Waals surface area contributed by atoms with Gasteiger partial charge in [0.05, 0.1) is 11.7 Å². The molecule has 0 N–H and O–H groups in total. The summed E-state index contributed by atoms with van der Waals surface area (Å²) >= 11 is 0. The zero-order valence-electron chi connectivity index (χ0n) is 13.2. The lowest BCUT2D eigenvalue weighted by atomic mass is 10.1. The highest BCUT2D eigenvalue weighted by molar-refractivity contribution is 5.75. The van der Waals surface area contributed by atoms with Crippen LogP contribution >= 0.6 is 0 Å². The number of carbonyl (C=O) groups is 1. The van der Waals surface area contributed by atoms with Crippen LogP contribution in [0.5, 0.6) is 0 Å². The van der Waals surface area contributed by atoms with Crippen molar-refractivity contribution in [2.45, 2.75) is 32.2 Å². The van der Waals surface area contributed by atoms with Crippen molar-refractivity contribution in [3.8, 4) is 0 Å². The zero-order chi connectivity index (χ0) is 15.2. The predicted octanol–water partition coefficient (Wildman–Crippen LogP) is 2.62. The zero-order valence-corrected chi connectivity index (χ0v) is 13.2. The molecule has 0 aromatic carbocycles. The molecular formula is C16H25N3O2. The first-order valence-corrected chi connectivity index (χ1v) is 7.57. The lowest BCUT2D eigenvalue weighted by Gasteiger charge is -2.29. The number of nitrogens with zero attached hydrogens (tertiary/aromatic N) is 3. The van der Waals surface area contributed by atoms with E-state index in [1.807, 2.05) is 37.1 Å². The average Bonchev–Trinajstić information content (AvgIpc) is 2.96. The van der Waals surface area contributed by atoms with Crippen LogP contribution in [0.15, 0.2) is 18.2 Å². The van der Waals surface area contributed by atoms with Crippen molar-refractivity contribution < 1.29 is 9.53 Å². The van der Waals surface area contributed by atoms with Gasteiger partial charge in [-0.3, -0.25) is 4.98 Å². The Balaban J connectivity index is 2.02. The standard InChI is InChI=1S/C16H25N3O2/c1-13-7-4-8-14(17-13)15-9-5-11-19(15)16(20)18(2)10-6-12-21-3/h4,7-8,15H,5-6,9-12H2,1-3H3. The van der Waals surface area contributed by atoms with E-state index in [9.17, 15) is 4.79 Å². The lowest BCUT2D eigenvalue weighted by molar-refractivity contribution is 0.146. The molecule has 0 radical (unpaired) electrons. The highest BCUT2D eigenvalue weighted by Gasteiger charge is 2.32. The molecule has 1 aliphatic heterocycles. The Morgan fingerprint density at radius 2 is 2.33 bits per heavy atom. The summed E-state index contributed by atoms with van der Waals surface area (Å²) in [5, 5.41) is 0. The van der Waals surface area contributed by atoms with E-state index >= 15 is 0 Å². The summed E-state index contributed by atoms with van der Waals surface area (Å²) in [6, 6.07) is 6.23. The Morgan fingerprint density at radius 3 is 3.05 bits per heavy atom. The van der Waals surface area contributed by atoms with E-state index in [4.69, 9.17) is 4.74 Å².